The highest BCUT2D eigenvalue weighted by Gasteiger charge is 2.40. The lowest BCUT2D eigenvalue weighted by molar-refractivity contribution is 0.0698. The standard InChI is InChI=1S/C15H17ClN2O3/c16-10-3-4-12(11(7-10)14(19)20)17-15(21)18-13-6-8-1-2-9(13)5-8/h3-4,7-9,13H,1-2,5-6H2,(H,19,20)(H2,17,18,21). The molecule has 2 aliphatic rings. The summed E-state index contributed by atoms with van der Waals surface area (Å²) in [5.74, 6) is 0.197. The Labute approximate surface area is 127 Å². The molecule has 3 N–H and O–H groups in total. The Morgan fingerprint density at radius 1 is 1.24 bits per heavy atom. The summed E-state index contributed by atoms with van der Waals surface area (Å²) in [6, 6.07) is 4.26. The van der Waals surface area contributed by atoms with E-state index in [0.717, 1.165) is 12.3 Å². The molecule has 0 radical (unpaired) electrons. The molecule has 2 bridgehead atoms. The predicted molar refractivity (Wildman–Crippen MR) is 79.8 cm³/mol. The van der Waals surface area contributed by atoms with E-state index in [2.05, 4.69) is 10.6 Å². The molecule has 0 saturated heterocycles. The molecule has 2 saturated carbocycles. The van der Waals surface area contributed by atoms with Crippen molar-refractivity contribution in [3.8, 4) is 0 Å². The van der Waals surface area contributed by atoms with Crippen molar-refractivity contribution in [3.05, 3.63) is 28.8 Å². The number of urea groups is 1. The van der Waals surface area contributed by atoms with Gasteiger partial charge in [0.1, 0.15) is 0 Å². The average molecular weight is 309 g/mol. The van der Waals surface area contributed by atoms with Gasteiger partial charge in [-0.3, -0.25) is 0 Å². The minimum Gasteiger partial charge on any atom is -0.478 e. The first kappa shape index (κ1) is 14.2. The van der Waals surface area contributed by atoms with Gasteiger partial charge in [0, 0.05) is 11.1 Å². The molecule has 2 fully saturated rings. The third kappa shape index (κ3) is 2.97. The number of carbonyl (C=O) groups excluding carboxylic acids is 1. The number of anilines is 1. The molecular weight excluding hydrogens is 292 g/mol. The second kappa shape index (κ2) is 5.56. The summed E-state index contributed by atoms with van der Waals surface area (Å²) in [4.78, 5) is 23.2. The van der Waals surface area contributed by atoms with Crippen LogP contribution in [-0.2, 0) is 0 Å². The lowest BCUT2D eigenvalue weighted by Gasteiger charge is -2.23. The van der Waals surface area contributed by atoms with Crippen LogP contribution in [-0.4, -0.2) is 23.1 Å². The molecule has 5 nitrogen and oxygen atoms in total. The van der Waals surface area contributed by atoms with Crippen molar-refractivity contribution < 1.29 is 14.7 Å². The predicted octanol–water partition coefficient (Wildman–Crippen LogP) is 3.35. The Hall–Kier alpha value is -1.75. The maximum Gasteiger partial charge on any atom is 0.337 e. The number of hydrogen-bond acceptors (Lipinski definition) is 2. The number of amides is 2. The normalized spacial score (nSPS) is 26.6. The number of rotatable bonds is 3. The first-order valence-electron chi connectivity index (χ1n) is 7.13. The Kier molecular flexibility index (Phi) is 3.76. The third-order valence-corrected chi connectivity index (χ3v) is 4.75. The first-order chi connectivity index (χ1) is 10.0. The molecule has 0 heterocycles. The van der Waals surface area contributed by atoms with E-state index in [-0.39, 0.29) is 23.3 Å². The van der Waals surface area contributed by atoms with Gasteiger partial charge in [-0.1, -0.05) is 18.0 Å². The lowest BCUT2D eigenvalue weighted by Crippen LogP contribution is -2.41. The highest BCUT2D eigenvalue weighted by molar-refractivity contribution is 6.31. The number of halogens is 1. The SMILES string of the molecule is O=C(Nc1ccc(Cl)cc1C(=O)O)NC1CC2CCC1C2. The van der Waals surface area contributed by atoms with Gasteiger partial charge in [-0.25, -0.2) is 9.59 Å². The van der Waals surface area contributed by atoms with Crippen LogP contribution in [0.4, 0.5) is 10.5 Å². The fourth-order valence-corrected chi connectivity index (χ4v) is 3.72. The van der Waals surface area contributed by atoms with Crippen LogP contribution in [0, 0.1) is 11.8 Å². The van der Waals surface area contributed by atoms with Crippen LogP contribution in [0.1, 0.15) is 36.0 Å². The Bertz CT molecular complexity index is 590. The van der Waals surface area contributed by atoms with E-state index in [1.54, 1.807) is 6.07 Å². The number of aromatic carboxylic acids is 1. The number of carboxylic acid groups (broad SMARTS) is 1. The quantitative estimate of drug-likeness (QED) is 0.801. The number of fused-ring (bicyclic) bond motifs is 2. The Balaban J connectivity index is 1.66. The largest absolute Gasteiger partial charge is 0.478 e. The van der Waals surface area contributed by atoms with Crippen LogP contribution in [0.25, 0.3) is 0 Å². The summed E-state index contributed by atoms with van der Waals surface area (Å²) in [5, 5.41) is 15.0. The van der Waals surface area contributed by atoms with Crippen LogP contribution >= 0.6 is 11.6 Å². The fourth-order valence-electron chi connectivity index (χ4n) is 3.55. The highest BCUT2D eigenvalue weighted by Crippen LogP contribution is 2.44. The van der Waals surface area contributed by atoms with E-state index in [0.29, 0.717) is 10.9 Å². The van der Waals surface area contributed by atoms with Gasteiger partial charge in [-0.2, -0.15) is 0 Å². The van der Waals surface area contributed by atoms with Crippen molar-refractivity contribution in [3.63, 3.8) is 0 Å². The molecule has 6 heteroatoms. The molecule has 0 spiro atoms. The zero-order valence-corrected chi connectivity index (χ0v) is 12.2. The van der Waals surface area contributed by atoms with Crippen LogP contribution < -0.4 is 10.6 Å². The Morgan fingerprint density at radius 3 is 2.67 bits per heavy atom. The molecule has 1 aromatic carbocycles. The summed E-state index contributed by atoms with van der Waals surface area (Å²) in [5.41, 5.74) is 0.248. The van der Waals surface area contributed by atoms with E-state index in [1.807, 2.05) is 0 Å². The summed E-state index contributed by atoms with van der Waals surface area (Å²) in [7, 11) is 0. The van der Waals surface area contributed by atoms with Crippen molar-refractivity contribution in [2.45, 2.75) is 31.7 Å². The summed E-state index contributed by atoms with van der Waals surface area (Å²) in [6.07, 6.45) is 4.68. The van der Waals surface area contributed by atoms with Crippen molar-refractivity contribution >= 4 is 29.3 Å². The third-order valence-electron chi connectivity index (χ3n) is 4.51. The molecule has 3 unspecified atom stereocenters. The minimum absolute atomic E-state index is 0.00871. The number of carboxylic acids is 1. The van der Waals surface area contributed by atoms with Gasteiger partial charge in [-0.15, -0.1) is 0 Å². The number of hydrogen-bond donors (Lipinski definition) is 3. The maximum absolute atomic E-state index is 12.1. The molecular formula is C15H17ClN2O3. The van der Waals surface area contributed by atoms with Crippen LogP contribution in [0.15, 0.2) is 18.2 Å². The summed E-state index contributed by atoms with van der Waals surface area (Å²) >= 11 is 5.79. The van der Waals surface area contributed by atoms with Crippen molar-refractivity contribution in [2.24, 2.45) is 11.8 Å². The molecule has 2 amide bonds. The van der Waals surface area contributed by atoms with Gasteiger partial charge >= 0.3 is 12.0 Å². The van der Waals surface area contributed by atoms with Gasteiger partial charge < -0.3 is 15.7 Å². The number of benzene rings is 1. The highest BCUT2D eigenvalue weighted by atomic mass is 35.5. The maximum atomic E-state index is 12.1. The van der Waals surface area contributed by atoms with Crippen LogP contribution in [0.2, 0.25) is 5.02 Å². The van der Waals surface area contributed by atoms with Crippen molar-refractivity contribution in [2.75, 3.05) is 5.32 Å². The average Bonchev–Trinajstić information content (AvgIpc) is 3.02. The van der Waals surface area contributed by atoms with Gasteiger partial charge in [0.15, 0.2) is 0 Å². The van der Waals surface area contributed by atoms with Gasteiger partial charge in [0.25, 0.3) is 0 Å². The minimum atomic E-state index is -1.12. The molecule has 0 aromatic heterocycles. The lowest BCUT2D eigenvalue weighted by atomic mass is 9.95. The Morgan fingerprint density at radius 2 is 2.05 bits per heavy atom. The monoisotopic (exact) mass is 308 g/mol. The molecule has 0 aliphatic heterocycles. The second-order valence-corrected chi connectivity index (χ2v) is 6.31. The van der Waals surface area contributed by atoms with E-state index in [4.69, 9.17) is 16.7 Å². The molecule has 112 valence electrons. The van der Waals surface area contributed by atoms with Crippen LogP contribution in [0.5, 0.6) is 0 Å². The zero-order valence-electron chi connectivity index (χ0n) is 11.4. The van der Waals surface area contributed by atoms with Crippen molar-refractivity contribution in [1.29, 1.82) is 0 Å². The summed E-state index contributed by atoms with van der Waals surface area (Å²) < 4.78 is 0. The number of carbonyl (C=O) groups is 2. The van der Waals surface area contributed by atoms with E-state index >= 15 is 0 Å². The van der Waals surface area contributed by atoms with Crippen molar-refractivity contribution in [1.82, 2.24) is 5.32 Å². The molecule has 3 rings (SSSR count). The summed E-state index contributed by atoms with van der Waals surface area (Å²) in [6.45, 7) is 0. The van der Waals surface area contributed by atoms with E-state index in [9.17, 15) is 9.59 Å². The van der Waals surface area contributed by atoms with Gasteiger partial charge in [0.05, 0.1) is 11.3 Å². The topological polar surface area (TPSA) is 78.4 Å². The number of nitrogens with one attached hydrogen (secondary N) is 2. The molecule has 2 aliphatic carbocycles. The molecule has 1 aromatic rings. The van der Waals surface area contributed by atoms with E-state index in [1.165, 1.54) is 31.4 Å². The fraction of sp³-hybridized carbons (Fsp3) is 0.467. The smallest absolute Gasteiger partial charge is 0.337 e. The zero-order chi connectivity index (χ0) is 15.0. The van der Waals surface area contributed by atoms with E-state index < -0.39 is 5.97 Å². The van der Waals surface area contributed by atoms with Gasteiger partial charge in [0.2, 0.25) is 0 Å². The molecule has 21 heavy (non-hydrogen) atoms. The van der Waals surface area contributed by atoms with Crippen LogP contribution in [0.3, 0.4) is 0 Å². The molecule has 3 atom stereocenters. The van der Waals surface area contributed by atoms with Gasteiger partial charge in [-0.05, 0) is 49.3 Å². The first-order valence-corrected chi connectivity index (χ1v) is 7.51. The second-order valence-electron chi connectivity index (χ2n) is 5.87.